The summed E-state index contributed by atoms with van der Waals surface area (Å²) in [7, 11) is -6.21. The first-order valence-electron chi connectivity index (χ1n) is 9.66. The predicted octanol–water partition coefficient (Wildman–Crippen LogP) is 3.34. The number of esters is 2. The fraction of sp³-hybridized carbons (Fsp3) is 0.235. The SMILES string of the molecule is [2H]C([2H])([2H])OC(=O)c1c(C)nc(C)c(C(=O)OC([2H])([2H])[2H])c1-c1ccccc1N=O. The standard InChI is InChI=1S/C17H16N2O5/c1-9-13(16(20)23-3)15(11-7-5-6-8-12(11)19-22)14(10(2)18-9)17(21)24-4/h5-8H,1-4H3/i3D3,4D3. The number of ether oxygens (including phenoxy) is 2. The molecule has 0 fully saturated rings. The largest absolute Gasteiger partial charge is 0.465 e. The van der Waals surface area contributed by atoms with Crippen LogP contribution in [0.25, 0.3) is 11.1 Å². The summed E-state index contributed by atoms with van der Waals surface area (Å²) in [4.78, 5) is 40.7. The quantitative estimate of drug-likeness (QED) is 0.628. The molecule has 0 saturated carbocycles. The van der Waals surface area contributed by atoms with Crippen LogP contribution in [0.15, 0.2) is 29.4 Å². The van der Waals surface area contributed by atoms with Crippen molar-refractivity contribution in [2.75, 3.05) is 14.1 Å². The summed E-state index contributed by atoms with van der Waals surface area (Å²) in [6.07, 6.45) is 0. The number of nitrogens with zero attached hydrogens (tertiary/aromatic N) is 2. The molecule has 7 nitrogen and oxygen atoms in total. The summed E-state index contributed by atoms with van der Waals surface area (Å²) in [6.45, 7) is 2.73. The smallest absolute Gasteiger partial charge is 0.340 e. The highest BCUT2D eigenvalue weighted by Crippen LogP contribution is 2.37. The Labute approximate surface area is 147 Å². The van der Waals surface area contributed by atoms with E-state index in [0.29, 0.717) is 0 Å². The lowest BCUT2D eigenvalue weighted by molar-refractivity contribution is 0.0599. The first kappa shape index (κ1) is 10.6. The Bertz CT molecular complexity index is 965. The lowest BCUT2D eigenvalue weighted by atomic mass is 9.91. The van der Waals surface area contributed by atoms with Crippen LogP contribution < -0.4 is 0 Å². The van der Waals surface area contributed by atoms with E-state index in [1.54, 1.807) is 0 Å². The molecule has 2 rings (SSSR count). The van der Waals surface area contributed by atoms with E-state index in [4.69, 9.17) is 8.22 Å². The second kappa shape index (κ2) is 6.99. The van der Waals surface area contributed by atoms with Gasteiger partial charge in [0.1, 0.15) is 5.69 Å². The van der Waals surface area contributed by atoms with E-state index in [-0.39, 0.29) is 28.2 Å². The van der Waals surface area contributed by atoms with Crippen LogP contribution in [-0.2, 0) is 9.47 Å². The highest BCUT2D eigenvalue weighted by molar-refractivity contribution is 6.08. The van der Waals surface area contributed by atoms with Crippen molar-refractivity contribution in [2.45, 2.75) is 13.8 Å². The average molecular weight is 334 g/mol. The minimum atomic E-state index is -3.10. The van der Waals surface area contributed by atoms with Gasteiger partial charge in [0.25, 0.3) is 0 Å². The van der Waals surface area contributed by atoms with Gasteiger partial charge in [0.2, 0.25) is 0 Å². The van der Waals surface area contributed by atoms with Gasteiger partial charge in [0.05, 0.1) is 44.8 Å². The number of aryl methyl sites for hydroxylation is 2. The van der Waals surface area contributed by atoms with Gasteiger partial charge in [-0.25, -0.2) is 9.59 Å². The Morgan fingerprint density at radius 2 is 1.58 bits per heavy atom. The van der Waals surface area contributed by atoms with Gasteiger partial charge < -0.3 is 9.47 Å². The molecule has 0 bridgehead atoms. The van der Waals surface area contributed by atoms with Crippen molar-refractivity contribution in [3.8, 4) is 11.1 Å². The van der Waals surface area contributed by atoms with Gasteiger partial charge in [0.15, 0.2) is 0 Å². The number of rotatable bonds is 4. The molecule has 0 atom stereocenters. The van der Waals surface area contributed by atoms with Crippen LogP contribution in [0.2, 0.25) is 0 Å². The second-order valence-corrected chi connectivity index (χ2v) is 4.80. The molecule has 0 radical (unpaired) electrons. The number of carbonyl (C=O) groups is 2. The van der Waals surface area contributed by atoms with E-state index in [1.807, 2.05) is 0 Å². The molecule has 0 spiro atoms. The third-order valence-corrected chi connectivity index (χ3v) is 3.42. The number of pyridine rings is 1. The molecule has 0 aliphatic rings. The maximum absolute atomic E-state index is 12.7. The number of benzene rings is 1. The molecule has 0 amide bonds. The summed E-state index contributed by atoms with van der Waals surface area (Å²) < 4.78 is 51.9. The minimum absolute atomic E-state index is 0.0112. The van der Waals surface area contributed by atoms with Gasteiger partial charge in [0, 0.05) is 11.1 Å². The zero-order valence-corrected chi connectivity index (χ0v) is 12.7. The van der Waals surface area contributed by atoms with Crippen molar-refractivity contribution < 1.29 is 27.3 Å². The summed E-state index contributed by atoms with van der Waals surface area (Å²) >= 11 is 0. The van der Waals surface area contributed by atoms with Gasteiger partial charge in [-0.3, -0.25) is 4.98 Å². The Kier molecular flexibility index (Phi) is 3.10. The van der Waals surface area contributed by atoms with Crippen molar-refractivity contribution in [3.63, 3.8) is 0 Å². The highest BCUT2D eigenvalue weighted by atomic mass is 16.5. The van der Waals surface area contributed by atoms with Crippen LogP contribution in [0.4, 0.5) is 5.69 Å². The van der Waals surface area contributed by atoms with Crippen molar-refractivity contribution >= 4 is 17.6 Å². The lowest BCUT2D eigenvalue weighted by Gasteiger charge is -2.17. The van der Waals surface area contributed by atoms with Crippen LogP contribution in [0.3, 0.4) is 0 Å². The Balaban J connectivity index is 2.92. The molecule has 2 aromatic rings. The first-order valence-corrected chi connectivity index (χ1v) is 6.66. The minimum Gasteiger partial charge on any atom is -0.465 e. The van der Waals surface area contributed by atoms with E-state index in [1.165, 1.54) is 38.1 Å². The second-order valence-electron chi connectivity index (χ2n) is 4.80. The molecule has 0 aliphatic heterocycles. The van der Waals surface area contributed by atoms with Crippen molar-refractivity contribution in [1.82, 2.24) is 4.98 Å². The van der Waals surface area contributed by atoms with Gasteiger partial charge in [-0.2, -0.15) is 0 Å². The fourth-order valence-corrected chi connectivity index (χ4v) is 2.49. The summed E-state index contributed by atoms with van der Waals surface area (Å²) in [6, 6.07) is 5.60. The van der Waals surface area contributed by atoms with Gasteiger partial charge in [-0.05, 0) is 25.1 Å². The lowest BCUT2D eigenvalue weighted by Crippen LogP contribution is -2.16. The van der Waals surface area contributed by atoms with Crippen molar-refractivity contribution in [1.29, 1.82) is 0 Å². The monoisotopic (exact) mass is 334 g/mol. The normalized spacial score (nSPS) is 14.9. The van der Waals surface area contributed by atoms with E-state index in [9.17, 15) is 14.5 Å². The fourth-order valence-electron chi connectivity index (χ4n) is 2.49. The molecule has 0 saturated heterocycles. The summed E-state index contributed by atoms with van der Waals surface area (Å²) in [5.74, 6) is -2.70. The number of hydrogen-bond donors (Lipinski definition) is 0. The Hall–Kier alpha value is -3.09. The predicted molar refractivity (Wildman–Crippen MR) is 87.3 cm³/mol. The van der Waals surface area contributed by atoms with Crippen molar-refractivity contribution in [3.05, 3.63) is 51.7 Å². The van der Waals surface area contributed by atoms with Crippen LogP contribution >= 0.6 is 0 Å². The molecule has 7 heteroatoms. The van der Waals surface area contributed by atoms with Crippen LogP contribution in [0.1, 0.15) is 40.3 Å². The summed E-state index contributed by atoms with van der Waals surface area (Å²) in [5, 5.41) is 2.86. The number of carbonyl (C=O) groups excluding carboxylic acids is 2. The van der Waals surface area contributed by atoms with Crippen LogP contribution in [0, 0.1) is 18.8 Å². The number of aromatic nitrogens is 1. The van der Waals surface area contributed by atoms with Gasteiger partial charge in [-0.15, -0.1) is 4.91 Å². The maximum atomic E-state index is 12.7. The zero-order chi connectivity index (χ0) is 22.9. The zero-order valence-electron chi connectivity index (χ0n) is 18.7. The molecule has 1 aromatic carbocycles. The molecular weight excluding hydrogens is 312 g/mol. The third-order valence-electron chi connectivity index (χ3n) is 3.42. The van der Waals surface area contributed by atoms with E-state index in [0.717, 1.165) is 0 Å². The molecule has 124 valence electrons. The van der Waals surface area contributed by atoms with Gasteiger partial charge >= 0.3 is 11.9 Å². The van der Waals surface area contributed by atoms with E-state index in [2.05, 4.69) is 19.6 Å². The number of hydrogen-bond acceptors (Lipinski definition) is 7. The summed E-state index contributed by atoms with van der Waals surface area (Å²) in [5.41, 5.74) is -1.38. The molecule has 0 N–H and O–H groups in total. The van der Waals surface area contributed by atoms with Crippen LogP contribution in [0.5, 0.6) is 0 Å². The maximum Gasteiger partial charge on any atom is 0.340 e. The molecule has 0 aliphatic carbocycles. The molecule has 24 heavy (non-hydrogen) atoms. The number of nitroso groups, excluding NO2 is 1. The Morgan fingerprint density at radius 3 is 2.08 bits per heavy atom. The molecule has 1 heterocycles. The average Bonchev–Trinajstić information content (AvgIpc) is 2.57. The topological polar surface area (TPSA) is 94.9 Å². The van der Waals surface area contributed by atoms with Crippen molar-refractivity contribution in [2.24, 2.45) is 5.18 Å². The number of methoxy groups -OCH3 is 2. The molecular formula is C17H16N2O5. The highest BCUT2D eigenvalue weighted by Gasteiger charge is 2.28. The Morgan fingerprint density at radius 1 is 1.04 bits per heavy atom. The van der Waals surface area contributed by atoms with Crippen LogP contribution in [-0.4, -0.2) is 31.0 Å². The molecule has 0 unspecified atom stereocenters. The van der Waals surface area contributed by atoms with E-state index >= 15 is 0 Å². The first-order chi connectivity index (χ1) is 13.7. The molecule has 1 aromatic heterocycles. The van der Waals surface area contributed by atoms with E-state index < -0.39 is 37.1 Å². The third kappa shape index (κ3) is 2.88. The van der Waals surface area contributed by atoms with Gasteiger partial charge in [-0.1, -0.05) is 18.2 Å².